The van der Waals surface area contributed by atoms with Crippen molar-refractivity contribution in [1.29, 1.82) is 0 Å². The molecule has 1 aromatic heterocycles. The van der Waals surface area contributed by atoms with Crippen molar-refractivity contribution >= 4 is 5.91 Å². The van der Waals surface area contributed by atoms with E-state index in [0.717, 1.165) is 11.3 Å². The second-order valence-electron chi connectivity index (χ2n) is 2.68. The van der Waals surface area contributed by atoms with Gasteiger partial charge in [0.25, 0.3) is 5.91 Å². The number of aromatic nitrogens is 1. The van der Waals surface area contributed by atoms with Crippen LogP contribution in [0.3, 0.4) is 0 Å². The minimum atomic E-state index is -0.141. The van der Waals surface area contributed by atoms with Crippen molar-refractivity contribution in [3.8, 4) is 0 Å². The number of pyridine rings is 1. The molecule has 1 rings (SSSR count). The van der Waals surface area contributed by atoms with Gasteiger partial charge in [-0.05, 0) is 25.5 Å². The van der Waals surface area contributed by atoms with Crippen LogP contribution in [0.4, 0.5) is 0 Å². The van der Waals surface area contributed by atoms with Crippen molar-refractivity contribution in [1.82, 2.24) is 10.3 Å². The van der Waals surface area contributed by atoms with Crippen molar-refractivity contribution in [3.63, 3.8) is 0 Å². The Morgan fingerprint density at radius 3 is 2.58 bits per heavy atom. The summed E-state index contributed by atoms with van der Waals surface area (Å²) in [5.41, 5.74) is 2.47. The highest BCUT2D eigenvalue weighted by molar-refractivity contribution is 5.92. The Balaban J connectivity index is 3.05. The molecule has 0 radical (unpaired) electrons. The molecule has 0 saturated heterocycles. The summed E-state index contributed by atoms with van der Waals surface area (Å²) in [6.45, 7) is 3.86. The van der Waals surface area contributed by atoms with Crippen molar-refractivity contribution in [2.75, 3.05) is 7.05 Å². The van der Waals surface area contributed by atoms with Crippen LogP contribution in [0.15, 0.2) is 12.1 Å². The lowest BCUT2D eigenvalue weighted by atomic mass is 10.2. The van der Waals surface area contributed by atoms with Crippen LogP contribution in [0.25, 0.3) is 0 Å². The van der Waals surface area contributed by atoms with Gasteiger partial charge in [-0.1, -0.05) is 6.07 Å². The molecule has 0 saturated carbocycles. The molecule has 64 valence electrons. The van der Waals surface area contributed by atoms with Crippen LogP contribution in [0, 0.1) is 13.8 Å². The zero-order valence-electron chi connectivity index (χ0n) is 7.51. The highest BCUT2D eigenvalue weighted by Gasteiger charge is 2.04. The maximum atomic E-state index is 11.1. The molecule has 0 aromatic carbocycles. The Morgan fingerprint density at radius 1 is 1.42 bits per heavy atom. The highest BCUT2D eigenvalue weighted by atomic mass is 16.1. The van der Waals surface area contributed by atoms with Crippen LogP contribution in [0.5, 0.6) is 0 Å². The number of hydrogen-bond acceptors (Lipinski definition) is 2. The SMILES string of the molecule is CNC(=O)c1ccc(C)c(C)n1. The van der Waals surface area contributed by atoms with Crippen LogP contribution in [-0.2, 0) is 0 Å². The van der Waals surface area contributed by atoms with Crippen LogP contribution < -0.4 is 5.32 Å². The maximum Gasteiger partial charge on any atom is 0.269 e. The molecule has 1 aromatic rings. The summed E-state index contributed by atoms with van der Waals surface area (Å²) in [5.74, 6) is -0.141. The Morgan fingerprint density at radius 2 is 2.08 bits per heavy atom. The van der Waals surface area contributed by atoms with Gasteiger partial charge in [0.1, 0.15) is 5.69 Å². The van der Waals surface area contributed by atoms with E-state index in [-0.39, 0.29) is 5.91 Å². The summed E-state index contributed by atoms with van der Waals surface area (Å²) < 4.78 is 0. The first-order chi connectivity index (χ1) is 5.65. The fourth-order valence-corrected chi connectivity index (χ4v) is 0.885. The summed E-state index contributed by atoms with van der Waals surface area (Å²) in [6.07, 6.45) is 0. The highest BCUT2D eigenvalue weighted by Crippen LogP contribution is 2.04. The van der Waals surface area contributed by atoms with Crippen molar-refractivity contribution in [3.05, 3.63) is 29.1 Å². The van der Waals surface area contributed by atoms with Gasteiger partial charge in [-0.15, -0.1) is 0 Å². The third-order valence-electron chi connectivity index (χ3n) is 1.81. The Kier molecular flexibility index (Phi) is 2.43. The molecule has 12 heavy (non-hydrogen) atoms. The van der Waals surface area contributed by atoms with E-state index in [1.165, 1.54) is 0 Å². The average Bonchev–Trinajstić information content (AvgIpc) is 2.08. The molecule has 0 fully saturated rings. The van der Waals surface area contributed by atoms with Crippen LogP contribution in [-0.4, -0.2) is 17.9 Å². The molecular formula is C9H12N2O. The second kappa shape index (κ2) is 3.34. The molecule has 0 bridgehead atoms. The van der Waals surface area contributed by atoms with Crippen molar-refractivity contribution < 1.29 is 4.79 Å². The van der Waals surface area contributed by atoms with Crippen molar-refractivity contribution in [2.45, 2.75) is 13.8 Å². The quantitative estimate of drug-likeness (QED) is 0.674. The lowest BCUT2D eigenvalue weighted by Gasteiger charge is -2.01. The number of hydrogen-bond donors (Lipinski definition) is 1. The van der Waals surface area contributed by atoms with Crippen molar-refractivity contribution in [2.24, 2.45) is 0 Å². The third-order valence-corrected chi connectivity index (χ3v) is 1.81. The van der Waals surface area contributed by atoms with E-state index in [9.17, 15) is 4.79 Å². The standard InChI is InChI=1S/C9H12N2O/c1-6-4-5-8(9(12)10-3)11-7(6)2/h4-5H,1-3H3,(H,10,12). The molecule has 0 spiro atoms. The number of aryl methyl sites for hydroxylation is 2. The van der Waals surface area contributed by atoms with Gasteiger partial charge in [0.15, 0.2) is 0 Å². The van der Waals surface area contributed by atoms with E-state index in [2.05, 4.69) is 10.3 Å². The molecule has 0 atom stereocenters. The summed E-state index contributed by atoms with van der Waals surface area (Å²) in [6, 6.07) is 3.62. The van der Waals surface area contributed by atoms with Gasteiger partial charge >= 0.3 is 0 Å². The fourth-order valence-electron chi connectivity index (χ4n) is 0.885. The first-order valence-electron chi connectivity index (χ1n) is 3.81. The summed E-state index contributed by atoms with van der Waals surface area (Å²) in [5, 5.41) is 2.53. The van der Waals surface area contributed by atoms with E-state index in [4.69, 9.17) is 0 Å². The predicted octanol–water partition coefficient (Wildman–Crippen LogP) is 1.06. The van der Waals surface area contributed by atoms with Gasteiger partial charge in [-0.2, -0.15) is 0 Å². The first-order valence-corrected chi connectivity index (χ1v) is 3.81. The van der Waals surface area contributed by atoms with Crippen LogP contribution in [0.2, 0.25) is 0 Å². The average molecular weight is 164 g/mol. The zero-order chi connectivity index (χ0) is 9.14. The van der Waals surface area contributed by atoms with E-state index in [0.29, 0.717) is 5.69 Å². The summed E-state index contributed by atoms with van der Waals surface area (Å²) in [4.78, 5) is 15.2. The van der Waals surface area contributed by atoms with E-state index in [1.54, 1.807) is 13.1 Å². The smallest absolute Gasteiger partial charge is 0.269 e. The first kappa shape index (κ1) is 8.71. The predicted molar refractivity (Wildman–Crippen MR) is 47.1 cm³/mol. The normalized spacial score (nSPS) is 9.58. The Hall–Kier alpha value is -1.38. The fraction of sp³-hybridized carbons (Fsp3) is 0.333. The zero-order valence-corrected chi connectivity index (χ0v) is 7.51. The second-order valence-corrected chi connectivity index (χ2v) is 2.68. The molecule has 0 aliphatic heterocycles. The molecular weight excluding hydrogens is 152 g/mol. The molecule has 3 heteroatoms. The number of rotatable bonds is 1. The Bertz CT molecular complexity index is 307. The maximum absolute atomic E-state index is 11.1. The van der Waals surface area contributed by atoms with E-state index >= 15 is 0 Å². The monoisotopic (exact) mass is 164 g/mol. The minimum Gasteiger partial charge on any atom is -0.354 e. The van der Waals surface area contributed by atoms with Gasteiger partial charge in [0, 0.05) is 12.7 Å². The molecule has 0 unspecified atom stereocenters. The van der Waals surface area contributed by atoms with E-state index < -0.39 is 0 Å². The summed E-state index contributed by atoms with van der Waals surface area (Å²) in [7, 11) is 1.60. The van der Waals surface area contributed by atoms with Gasteiger partial charge in [0.2, 0.25) is 0 Å². The Labute approximate surface area is 71.8 Å². The van der Waals surface area contributed by atoms with Gasteiger partial charge in [0.05, 0.1) is 0 Å². The van der Waals surface area contributed by atoms with Gasteiger partial charge in [-0.3, -0.25) is 4.79 Å². The molecule has 0 aliphatic rings. The number of nitrogens with zero attached hydrogens (tertiary/aromatic N) is 1. The number of carbonyl (C=O) groups excluding carboxylic acids is 1. The number of carbonyl (C=O) groups is 1. The lowest BCUT2D eigenvalue weighted by Crippen LogP contribution is -2.19. The topological polar surface area (TPSA) is 42.0 Å². The van der Waals surface area contributed by atoms with Crippen LogP contribution >= 0.6 is 0 Å². The van der Waals surface area contributed by atoms with Crippen LogP contribution in [0.1, 0.15) is 21.7 Å². The lowest BCUT2D eigenvalue weighted by molar-refractivity contribution is 0.0958. The molecule has 0 aliphatic carbocycles. The molecule has 1 heterocycles. The molecule has 3 nitrogen and oxygen atoms in total. The summed E-state index contributed by atoms with van der Waals surface area (Å²) >= 11 is 0. The largest absolute Gasteiger partial charge is 0.354 e. The van der Waals surface area contributed by atoms with Gasteiger partial charge < -0.3 is 5.32 Å². The molecule has 1 N–H and O–H groups in total. The minimum absolute atomic E-state index is 0.141. The van der Waals surface area contributed by atoms with Gasteiger partial charge in [-0.25, -0.2) is 4.98 Å². The molecule has 1 amide bonds. The third kappa shape index (κ3) is 1.61. The van der Waals surface area contributed by atoms with E-state index in [1.807, 2.05) is 19.9 Å². The number of nitrogens with one attached hydrogen (secondary N) is 1. The number of amides is 1.